The SMILES string of the molecule is CCc1ncnc(N2CC3CC(C2)N3c2ccc3nncn3n2)c1F. The van der Waals surface area contributed by atoms with Gasteiger partial charge in [-0.05, 0) is 25.0 Å². The first-order valence-corrected chi connectivity index (χ1v) is 8.44. The quantitative estimate of drug-likeness (QED) is 0.706. The molecule has 3 aromatic rings. The van der Waals surface area contributed by atoms with Crippen molar-refractivity contribution in [2.24, 2.45) is 0 Å². The van der Waals surface area contributed by atoms with Crippen LogP contribution in [-0.4, -0.2) is 55.0 Å². The van der Waals surface area contributed by atoms with E-state index in [2.05, 4.69) is 30.2 Å². The van der Waals surface area contributed by atoms with Crippen molar-refractivity contribution in [1.82, 2.24) is 29.8 Å². The molecule has 2 atom stereocenters. The minimum atomic E-state index is -0.290. The summed E-state index contributed by atoms with van der Waals surface area (Å²) in [5.74, 6) is 1.04. The fraction of sp³-hybridized carbons (Fsp3) is 0.438. The summed E-state index contributed by atoms with van der Waals surface area (Å²) < 4.78 is 16.2. The number of fused-ring (bicyclic) bond motifs is 3. The maximum atomic E-state index is 14.5. The standard InChI is InChI=1S/C16H17FN8/c1-2-12-15(17)16(19-8-18-12)23-6-10-5-11(7-23)25(10)14-4-3-13-21-20-9-24(13)22-14/h3-4,8-11H,2,5-7H2,1H3. The average Bonchev–Trinajstić information content (AvgIpc) is 3.10. The Morgan fingerprint density at radius 2 is 2.04 bits per heavy atom. The molecule has 2 bridgehead atoms. The first-order valence-electron chi connectivity index (χ1n) is 8.44. The predicted molar refractivity (Wildman–Crippen MR) is 89.0 cm³/mol. The summed E-state index contributed by atoms with van der Waals surface area (Å²) in [6, 6.07) is 4.50. The Bertz CT molecular complexity index is 929. The molecule has 9 heteroatoms. The van der Waals surface area contributed by atoms with Gasteiger partial charge >= 0.3 is 0 Å². The van der Waals surface area contributed by atoms with E-state index in [-0.39, 0.29) is 5.82 Å². The number of anilines is 2. The van der Waals surface area contributed by atoms with Crippen molar-refractivity contribution >= 4 is 17.3 Å². The molecule has 6 heterocycles. The molecule has 0 radical (unpaired) electrons. The van der Waals surface area contributed by atoms with Crippen molar-refractivity contribution in [3.8, 4) is 0 Å². The van der Waals surface area contributed by atoms with Gasteiger partial charge in [-0.25, -0.2) is 14.4 Å². The van der Waals surface area contributed by atoms with Crippen LogP contribution in [0.1, 0.15) is 19.0 Å². The third-order valence-corrected chi connectivity index (χ3v) is 5.08. The van der Waals surface area contributed by atoms with Crippen LogP contribution in [0.3, 0.4) is 0 Å². The molecule has 0 aromatic carbocycles. The van der Waals surface area contributed by atoms with Gasteiger partial charge in [0, 0.05) is 13.1 Å². The highest BCUT2D eigenvalue weighted by atomic mass is 19.1. The van der Waals surface area contributed by atoms with Crippen molar-refractivity contribution in [3.05, 3.63) is 36.3 Å². The van der Waals surface area contributed by atoms with Gasteiger partial charge < -0.3 is 9.80 Å². The Hall–Kier alpha value is -2.84. The zero-order chi connectivity index (χ0) is 17.0. The van der Waals surface area contributed by atoms with Crippen LogP contribution in [0.4, 0.5) is 16.0 Å². The summed E-state index contributed by atoms with van der Waals surface area (Å²) in [6.07, 6.45) is 4.71. The van der Waals surface area contributed by atoms with Crippen molar-refractivity contribution in [1.29, 1.82) is 0 Å². The molecule has 0 amide bonds. The number of aryl methyl sites for hydroxylation is 1. The number of hydrogen-bond acceptors (Lipinski definition) is 7. The number of hydrogen-bond donors (Lipinski definition) is 0. The molecule has 3 aromatic heterocycles. The van der Waals surface area contributed by atoms with E-state index >= 15 is 0 Å². The number of piperazine rings is 1. The van der Waals surface area contributed by atoms with Crippen molar-refractivity contribution in [2.45, 2.75) is 31.8 Å². The number of piperidine rings is 1. The molecular weight excluding hydrogens is 323 g/mol. The highest BCUT2D eigenvalue weighted by molar-refractivity contribution is 5.54. The van der Waals surface area contributed by atoms with E-state index < -0.39 is 0 Å². The van der Waals surface area contributed by atoms with Gasteiger partial charge in [0.1, 0.15) is 18.5 Å². The van der Waals surface area contributed by atoms with Crippen LogP contribution >= 0.6 is 0 Å². The van der Waals surface area contributed by atoms with Gasteiger partial charge in [0.15, 0.2) is 17.3 Å². The first kappa shape index (κ1) is 14.5. The van der Waals surface area contributed by atoms with E-state index in [1.54, 1.807) is 10.8 Å². The summed E-state index contributed by atoms with van der Waals surface area (Å²) >= 11 is 0. The lowest BCUT2D eigenvalue weighted by atomic mass is 9.87. The van der Waals surface area contributed by atoms with E-state index in [0.717, 1.165) is 31.0 Å². The zero-order valence-electron chi connectivity index (χ0n) is 13.7. The molecule has 6 rings (SSSR count). The number of rotatable bonds is 3. The monoisotopic (exact) mass is 340 g/mol. The van der Waals surface area contributed by atoms with Gasteiger partial charge in [-0.3, -0.25) is 0 Å². The fourth-order valence-corrected chi connectivity index (χ4v) is 3.88. The second-order valence-corrected chi connectivity index (χ2v) is 6.49. The minimum absolute atomic E-state index is 0.290. The minimum Gasteiger partial charge on any atom is -0.350 e. The maximum Gasteiger partial charge on any atom is 0.187 e. The summed E-state index contributed by atoms with van der Waals surface area (Å²) in [5, 5.41) is 12.4. The van der Waals surface area contributed by atoms with Gasteiger partial charge in [-0.1, -0.05) is 6.92 Å². The fourth-order valence-electron chi connectivity index (χ4n) is 3.88. The molecule has 3 saturated heterocycles. The first-order chi connectivity index (χ1) is 12.2. The Balaban J connectivity index is 1.40. The molecule has 0 aliphatic carbocycles. The lowest BCUT2D eigenvalue weighted by molar-refractivity contribution is 0.285. The molecule has 3 aliphatic heterocycles. The maximum absolute atomic E-state index is 14.5. The molecule has 0 N–H and O–H groups in total. The van der Waals surface area contributed by atoms with Crippen LogP contribution in [0, 0.1) is 5.82 Å². The lowest BCUT2D eigenvalue weighted by Crippen LogP contribution is -2.69. The van der Waals surface area contributed by atoms with Crippen molar-refractivity contribution in [3.63, 3.8) is 0 Å². The highest BCUT2D eigenvalue weighted by Crippen LogP contribution is 2.37. The Morgan fingerprint density at radius 3 is 2.84 bits per heavy atom. The number of halogens is 1. The lowest BCUT2D eigenvalue weighted by Gasteiger charge is -2.57. The van der Waals surface area contributed by atoms with Gasteiger partial charge in [-0.15, -0.1) is 15.3 Å². The molecule has 3 fully saturated rings. The Labute approximate surface area is 143 Å². The van der Waals surface area contributed by atoms with Gasteiger partial charge in [0.05, 0.1) is 17.8 Å². The van der Waals surface area contributed by atoms with E-state index in [9.17, 15) is 4.39 Å². The van der Waals surface area contributed by atoms with Gasteiger partial charge in [0.2, 0.25) is 0 Å². The van der Waals surface area contributed by atoms with Crippen LogP contribution in [-0.2, 0) is 6.42 Å². The second-order valence-electron chi connectivity index (χ2n) is 6.49. The van der Waals surface area contributed by atoms with Crippen LogP contribution in [0.2, 0.25) is 0 Å². The van der Waals surface area contributed by atoms with Gasteiger partial charge in [0.25, 0.3) is 0 Å². The van der Waals surface area contributed by atoms with Crippen molar-refractivity contribution < 1.29 is 4.39 Å². The normalized spacial score (nSPS) is 22.3. The molecular formula is C16H17FN8. The highest BCUT2D eigenvalue weighted by Gasteiger charge is 2.46. The largest absolute Gasteiger partial charge is 0.350 e. The van der Waals surface area contributed by atoms with Crippen LogP contribution < -0.4 is 9.80 Å². The molecule has 2 unspecified atom stereocenters. The van der Waals surface area contributed by atoms with E-state index in [1.807, 2.05) is 24.0 Å². The van der Waals surface area contributed by atoms with E-state index in [0.29, 0.717) is 30.0 Å². The third kappa shape index (κ3) is 2.15. The van der Waals surface area contributed by atoms with Crippen LogP contribution in [0.25, 0.3) is 5.65 Å². The molecule has 8 nitrogen and oxygen atoms in total. The van der Waals surface area contributed by atoms with Crippen LogP contribution in [0.5, 0.6) is 0 Å². The number of aromatic nitrogens is 6. The molecule has 128 valence electrons. The van der Waals surface area contributed by atoms with E-state index in [4.69, 9.17) is 0 Å². The summed E-state index contributed by atoms with van der Waals surface area (Å²) in [7, 11) is 0. The Kier molecular flexibility index (Phi) is 3.09. The average molecular weight is 340 g/mol. The second kappa shape index (κ2) is 5.33. The van der Waals surface area contributed by atoms with E-state index in [1.165, 1.54) is 6.33 Å². The summed E-state index contributed by atoms with van der Waals surface area (Å²) in [4.78, 5) is 12.5. The predicted octanol–water partition coefficient (Wildman–Crippen LogP) is 1.08. The zero-order valence-corrected chi connectivity index (χ0v) is 13.7. The summed E-state index contributed by atoms with van der Waals surface area (Å²) in [6.45, 7) is 3.36. The molecule has 0 saturated carbocycles. The van der Waals surface area contributed by atoms with Crippen LogP contribution in [0.15, 0.2) is 24.8 Å². The molecule has 3 aliphatic rings. The van der Waals surface area contributed by atoms with Gasteiger partial charge in [-0.2, -0.15) is 4.52 Å². The number of nitrogens with zero attached hydrogens (tertiary/aromatic N) is 8. The molecule has 0 spiro atoms. The third-order valence-electron chi connectivity index (χ3n) is 5.08. The Morgan fingerprint density at radius 1 is 1.20 bits per heavy atom. The smallest absolute Gasteiger partial charge is 0.187 e. The summed E-state index contributed by atoms with van der Waals surface area (Å²) in [5.41, 5.74) is 1.20. The topological polar surface area (TPSA) is 75.3 Å². The van der Waals surface area contributed by atoms with Crippen molar-refractivity contribution in [2.75, 3.05) is 22.9 Å². The molecule has 25 heavy (non-hydrogen) atoms.